The van der Waals surface area contributed by atoms with Crippen LogP contribution in [-0.4, -0.2) is 95.9 Å². The van der Waals surface area contributed by atoms with Crippen molar-refractivity contribution in [2.24, 2.45) is 0 Å². The maximum absolute atomic E-state index is 15.1. The van der Waals surface area contributed by atoms with E-state index in [1.54, 1.807) is 50.7 Å². The Kier molecular flexibility index (Phi) is 9.11. The summed E-state index contributed by atoms with van der Waals surface area (Å²) in [5.74, 6) is 1.82. The number of ether oxygens (including phenoxy) is 3. The second kappa shape index (κ2) is 13.5. The molecular weight excluding hydrogens is 641 g/mol. The van der Waals surface area contributed by atoms with Gasteiger partial charge in [-0.1, -0.05) is 0 Å². The molecule has 3 aliphatic heterocycles. The predicted molar refractivity (Wildman–Crippen MR) is 188 cm³/mol. The van der Waals surface area contributed by atoms with Gasteiger partial charge in [0.2, 0.25) is 0 Å². The Morgan fingerprint density at radius 3 is 2.45 bits per heavy atom. The van der Waals surface area contributed by atoms with E-state index in [4.69, 9.17) is 14.2 Å². The fourth-order valence-corrected chi connectivity index (χ4v) is 9.58. The number of aromatic nitrogens is 1. The number of anilines is 1. The van der Waals surface area contributed by atoms with Crippen molar-refractivity contribution >= 4 is 26.6 Å². The lowest BCUT2D eigenvalue weighted by molar-refractivity contribution is 0.0331. The first-order valence-corrected chi connectivity index (χ1v) is 18.3. The van der Waals surface area contributed by atoms with Gasteiger partial charge >= 0.3 is 0 Å². The normalized spacial score (nSPS) is 20.6. The minimum Gasteiger partial charge on any atom is -0.497 e. The number of hydrogen-bond donors (Lipinski definition) is 1. The van der Waals surface area contributed by atoms with E-state index in [2.05, 4.69) is 26.2 Å². The van der Waals surface area contributed by atoms with Gasteiger partial charge in [-0.3, -0.25) is 19.1 Å². The minimum atomic E-state index is -4.19. The van der Waals surface area contributed by atoms with Crippen molar-refractivity contribution in [1.82, 2.24) is 20.1 Å². The largest absolute Gasteiger partial charge is 0.497 e. The molecule has 4 aromatic rings. The van der Waals surface area contributed by atoms with Gasteiger partial charge < -0.3 is 19.5 Å². The highest BCUT2D eigenvalue weighted by molar-refractivity contribution is 7.93. The lowest BCUT2D eigenvalue weighted by Gasteiger charge is -2.48. The highest BCUT2D eigenvalue weighted by Gasteiger charge is 2.54. The first-order chi connectivity index (χ1) is 23.8. The summed E-state index contributed by atoms with van der Waals surface area (Å²) in [6, 6.07) is 20.7. The first-order valence-electron chi connectivity index (χ1n) is 16.9. The van der Waals surface area contributed by atoms with E-state index in [0.717, 1.165) is 50.1 Å². The number of nitriles is 1. The Morgan fingerprint density at radius 2 is 1.73 bits per heavy atom. The van der Waals surface area contributed by atoms with Gasteiger partial charge in [0.1, 0.15) is 22.1 Å². The van der Waals surface area contributed by atoms with Crippen molar-refractivity contribution in [3.8, 4) is 23.3 Å². The zero-order chi connectivity index (χ0) is 34.2. The van der Waals surface area contributed by atoms with Crippen LogP contribution in [0.25, 0.3) is 10.9 Å². The van der Waals surface area contributed by atoms with Gasteiger partial charge in [0.15, 0.2) is 0 Å². The average molecular weight is 683 g/mol. The number of nitrogens with zero attached hydrogens (tertiary/aromatic N) is 5. The van der Waals surface area contributed by atoms with Crippen LogP contribution in [0.2, 0.25) is 0 Å². The number of methoxy groups -OCH3 is 2. The number of piperidine rings is 1. The van der Waals surface area contributed by atoms with Gasteiger partial charge in [-0.25, -0.2) is 8.42 Å². The number of nitrogens with one attached hydrogen (secondary N) is 1. The average Bonchev–Trinajstić information content (AvgIpc) is 3.51. The number of piperazine rings is 1. The molecule has 1 aromatic heterocycles. The van der Waals surface area contributed by atoms with Gasteiger partial charge in [-0.2, -0.15) is 5.26 Å². The van der Waals surface area contributed by atoms with Crippen molar-refractivity contribution in [1.29, 1.82) is 5.26 Å². The molecule has 1 unspecified atom stereocenters. The highest BCUT2D eigenvalue weighted by atomic mass is 32.2. The molecule has 2 saturated heterocycles. The van der Waals surface area contributed by atoms with Crippen LogP contribution in [0.15, 0.2) is 71.8 Å². The van der Waals surface area contributed by atoms with Crippen LogP contribution in [0, 0.1) is 11.3 Å². The van der Waals surface area contributed by atoms with Gasteiger partial charge in [0.05, 0.1) is 55.7 Å². The molecule has 4 heterocycles. The minimum absolute atomic E-state index is 0.0699. The number of fused-ring (bicyclic) bond motifs is 2. The van der Waals surface area contributed by atoms with Crippen molar-refractivity contribution in [3.63, 3.8) is 0 Å². The number of benzene rings is 3. The molecule has 0 aliphatic carbocycles. The monoisotopic (exact) mass is 682 g/mol. The van der Waals surface area contributed by atoms with Crippen molar-refractivity contribution in [2.75, 3.05) is 70.9 Å². The topological polar surface area (TPSA) is 120 Å². The number of pyridine rings is 1. The molecule has 1 N–H and O–H groups in total. The van der Waals surface area contributed by atoms with Crippen LogP contribution in [0.4, 0.5) is 5.69 Å². The standard InChI is InChI=1S/C37H42N6O5S/c1-4-48-34-10-8-28(46-2)23-31(34)37(42-20-18-41(19-21-42)27-13-16-39-17-14-27)25-43(32-9-7-26(24-38)22-30(32)37)49(44,45)35-12-11-33(47-3)29-6-5-15-40-36(29)35/h5-12,15,22-23,27,39H,4,13-14,16-21,25H2,1-3H3. The summed E-state index contributed by atoms with van der Waals surface area (Å²) in [7, 11) is -1.01. The Labute approximate surface area is 288 Å². The molecule has 7 rings (SSSR count). The maximum Gasteiger partial charge on any atom is 0.266 e. The Hall–Kier alpha value is -4.41. The smallest absolute Gasteiger partial charge is 0.266 e. The molecule has 49 heavy (non-hydrogen) atoms. The maximum atomic E-state index is 15.1. The van der Waals surface area contributed by atoms with Crippen LogP contribution in [-0.2, 0) is 15.6 Å². The third kappa shape index (κ3) is 5.64. The summed E-state index contributed by atoms with van der Waals surface area (Å²) < 4.78 is 49.2. The summed E-state index contributed by atoms with van der Waals surface area (Å²) in [6.07, 6.45) is 3.81. The molecule has 0 spiro atoms. The quantitative estimate of drug-likeness (QED) is 0.273. The number of sulfonamides is 1. The van der Waals surface area contributed by atoms with Crippen LogP contribution in [0.1, 0.15) is 36.5 Å². The van der Waals surface area contributed by atoms with E-state index < -0.39 is 15.6 Å². The molecule has 0 bridgehead atoms. The molecule has 3 aromatic carbocycles. The number of rotatable bonds is 9. The van der Waals surface area contributed by atoms with Gasteiger partial charge in [0, 0.05) is 54.9 Å². The van der Waals surface area contributed by atoms with Crippen molar-refractivity contribution in [3.05, 3.63) is 83.6 Å². The van der Waals surface area contributed by atoms with Crippen molar-refractivity contribution < 1.29 is 22.6 Å². The molecular formula is C37H42N6O5S. The molecule has 3 aliphatic rings. The molecule has 11 nitrogen and oxygen atoms in total. The fourth-order valence-electron chi connectivity index (χ4n) is 7.92. The Balaban J connectivity index is 1.42. The van der Waals surface area contributed by atoms with Crippen molar-refractivity contribution in [2.45, 2.75) is 36.2 Å². The third-order valence-electron chi connectivity index (χ3n) is 10.3. The number of hydrogen-bond acceptors (Lipinski definition) is 10. The fraction of sp³-hybridized carbons (Fsp3) is 0.405. The summed E-state index contributed by atoms with van der Waals surface area (Å²) in [5, 5.41) is 14.2. The van der Waals surface area contributed by atoms with Gasteiger partial charge in [-0.15, -0.1) is 0 Å². The van der Waals surface area contributed by atoms with Gasteiger partial charge in [0.25, 0.3) is 10.0 Å². The summed E-state index contributed by atoms with van der Waals surface area (Å²) in [6.45, 7) is 7.54. The van der Waals surface area contributed by atoms with Crippen LogP contribution < -0.4 is 23.8 Å². The Bertz CT molecular complexity index is 2000. The molecule has 12 heteroatoms. The van der Waals surface area contributed by atoms with E-state index >= 15 is 8.42 Å². The van der Waals surface area contributed by atoms with E-state index in [1.807, 2.05) is 37.3 Å². The molecule has 0 saturated carbocycles. The van der Waals surface area contributed by atoms with Crippen LogP contribution in [0.3, 0.4) is 0 Å². The Morgan fingerprint density at radius 1 is 0.959 bits per heavy atom. The third-order valence-corrected chi connectivity index (χ3v) is 12.1. The van der Waals surface area contributed by atoms with E-state index in [-0.39, 0.29) is 11.4 Å². The molecule has 1 atom stereocenters. The predicted octanol–water partition coefficient (Wildman–Crippen LogP) is 4.34. The van der Waals surface area contributed by atoms with E-state index in [9.17, 15) is 5.26 Å². The molecule has 2 fully saturated rings. The summed E-state index contributed by atoms with van der Waals surface area (Å²) >= 11 is 0. The zero-order valence-corrected chi connectivity index (χ0v) is 29.0. The lowest BCUT2D eigenvalue weighted by Crippen LogP contribution is -2.60. The van der Waals surface area contributed by atoms with Crippen LogP contribution in [0.5, 0.6) is 17.2 Å². The summed E-state index contributed by atoms with van der Waals surface area (Å²) in [4.78, 5) is 9.57. The highest BCUT2D eigenvalue weighted by Crippen LogP contribution is 2.53. The molecule has 0 amide bonds. The SMILES string of the molecule is CCOc1ccc(OC)cc1C1(N2CCN(C3CCNCC3)CC2)CN(S(=O)(=O)c2ccc(OC)c3cccnc23)c2ccc(C#N)cc21. The second-order valence-corrected chi connectivity index (χ2v) is 14.5. The first kappa shape index (κ1) is 33.1. The van der Waals surface area contributed by atoms with Crippen LogP contribution >= 0.6 is 0 Å². The van der Waals surface area contributed by atoms with Gasteiger partial charge in [-0.05, 0) is 93.5 Å². The molecule has 256 valence electrons. The van der Waals surface area contributed by atoms with E-state index in [1.165, 1.54) is 4.31 Å². The van der Waals surface area contributed by atoms with E-state index in [0.29, 0.717) is 65.1 Å². The lowest BCUT2D eigenvalue weighted by atomic mass is 9.80. The zero-order valence-electron chi connectivity index (χ0n) is 28.2. The summed E-state index contributed by atoms with van der Waals surface area (Å²) in [5.41, 5.74) is 1.85. The second-order valence-electron chi connectivity index (χ2n) is 12.7. The molecule has 0 radical (unpaired) electrons.